The number of rotatable bonds is 8. The molecule has 0 spiro atoms. The maximum Gasteiger partial charge on any atom is 0.327 e. The Kier molecular flexibility index (Phi) is 7.81. The number of esters is 1. The lowest BCUT2D eigenvalue weighted by molar-refractivity contribution is -0.152. The van der Waals surface area contributed by atoms with Crippen LogP contribution >= 0.6 is 11.6 Å². The molecule has 0 heterocycles. The molecule has 10 heteroatoms. The molecule has 0 aliphatic heterocycles. The van der Waals surface area contributed by atoms with Crippen molar-refractivity contribution in [3.63, 3.8) is 0 Å². The van der Waals surface area contributed by atoms with E-state index in [0.29, 0.717) is 5.02 Å². The minimum atomic E-state index is -4.09. The second-order valence-electron chi connectivity index (χ2n) is 5.62. The summed E-state index contributed by atoms with van der Waals surface area (Å²) in [5.41, 5.74) is 0. The van der Waals surface area contributed by atoms with E-state index in [-0.39, 0.29) is 10.9 Å². The zero-order chi connectivity index (χ0) is 19.2. The lowest BCUT2D eigenvalue weighted by Gasteiger charge is -2.20. The molecule has 1 amide bonds. The van der Waals surface area contributed by atoms with Gasteiger partial charge >= 0.3 is 5.97 Å². The highest BCUT2D eigenvalue weighted by atomic mass is 35.5. The van der Waals surface area contributed by atoms with Gasteiger partial charge in [-0.2, -0.15) is 4.72 Å². The molecule has 25 heavy (non-hydrogen) atoms. The summed E-state index contributed by atoms with van der Waals surface area (Å²) in [7, 11) is -4.09. The number of amides is 1. The van der Waals surface area contributed by atoms with Gasteiger partial charge in [0.15, 0.2) is 6.61 Å². The van der Waals surface area contributed by atoms with Crippen molar-refractivity contribution in [3.05, 3.63) is 29.3 Å². The van der Waals surface area contributed by atoms with Gasteiger partial charge in [0.05, 0.1) is 11.0 Å². The zero-order valence-corrected chi connectivity index (χ0v) is 15.6. The summed E-state index contributed by atoms with van der Waals surface area (Å²) in [5, 5.41) is 12.6. The lowest BCUT2D eigenvalue weighted by Crippen LogP contribution is -2.49. The van der Waals surface area contributed by atoms with Crippen LogP contribution in [0.25, 0.3) is 0 Å². The van der Waals surface area contributed by atoms with Crippen molar-refractivity contribution in [1.82, 2.24) is 10.0 Å². The quantitative estimate of drug-likeness (QED) is 0.552. The molecule has 1 rings (SSSR count). The van der Waals surface area contributed by atoms with Crippen LogP contribution in [0.1, 0.15) is 20.8 Å². The fourth-order valence-corrected chi connectivity index (χ4v) is 3.17. The molecule has 3 N–H and O–H groups in total. The van der Waals surface area contributed by atoms with Crippen LogP contribution in [0, 0.1) is 0 Å². The number of aliphatic hydroxyl groups excluding tert-OH is 1. The first-order valence-corrected chi connectivity index (χ1v) is 9.31. The van der Waals surface area contributed by atoms with E-state index in [1.165, 1.54) is 31.2 Å². The SMILES string of the molecule is CC(C)NC(=O)COC(=O)[C@H](NS(=O)(=O)c1ccc(Cl)cc1)[C@H](C)O. The average molecular weight is 393 g/mol. The summed E-state index contributed by atoms with van der Waals surface area (Å²) in [4.78, 5) is 23.4. The van der Waals surface area contributed by atoms with Crippen molar-refractivity contribution in [2.24, 2.45) is 0 Å². The van der Waals surface area contributed by atoms with Gasteiger partial charge in [-0.15, -0.1) is 0 Å². The smallest absolute Gasteiger partial charge is 0.327 e. The Hall–Kier alpha value is -1.68. The molecule has 0 aliphatic rings. The van der Waals surface area contributed by atoms with Crippen LogP contribution < -0.4 is 10.0 Å². The second-order valence-corrected chi connectivity index (χ2v) is 7.77. The Labute approximate surface area is 151 Å². The second kappa shape index (κ2) is 9.14. The van der Waals surface area contributed by atoms with Gasteiger partial charge in [-0.05, 0) is 45.0 Å². The first-order chi connectivity index (χ1) is 11.5. The zero-order valence-electron chi connectivity index (χ0n) is 14.0. The van der Waals surface area contributed by atoms with E-state index in [4.69, 9.17) is 16.3 Å². The summed E-state index contributed by atoms with van der Waals surface area (Å²) < 4.78 is 31.4. The molecule has 2 atom stereocenters. The van der Waals surface area contributed by atoms with Gasteiger partial charge in [-0.3, -0.25) is 9.59 Å². The van der Waals surface area contributed by atoms with E-state index in [2.05, 4.69) is 10.0 Å². The molecule has 8 nitrogen and oxygen atoms in total. The maximum atomic E-state index is 12.3. The van der Waals surface area contributed by atoms with Gasteiger partial charge in [0.2, 0.25) is 10.0 Å². The average Bonchev–Trinajstić information content (AvgIpc) is 2.50. The monoisotopic (exact) mass is 392 g/mol. The molecule has 0 fully saturated rings. The van der Waals surface area contributed by atoms with Crippen LogP contribution in [0.4, 0.5) is 0 Å². The first-order valence-electron chi connectivity index (χ1n) is 7.45. The molecule has 0 bridgehead atoms. The topological polar surface area (TPSA) is 122 Å². The Balaban J connectivity index is 2.80. The number of hydrogen-bond acceptors (Lipinski definition) is 6. The highest BCUT2D eigenvalue weighted by Crippen LogP contribution is 2.15. The number of sulfonamides is 1. The Bertz CT molecular complexity index is 703. The molecule has 0 saturated carbocycles. The van der Waals surface area contributed by atoms with E-state index in [9.17, 15) is 23.1 Å². The van der Waals surface area contributed by atoms with Gasteiger partial charge in [-0.25, -0.2) is 8.42 Å². The number of carbonyl (C=O) groups is 2. The molecule has 0 unspecified atom stereocenters. The van der Waals surface area contributed by atoms with Crippen LogP contribution in [-0.4, -0.2) is 50.2 Å². The van der Waals surface area contributed by atoms with E-state index >= 15 is 0 Å². The molecular weight excluding hydrogens is 372 g/mol. The van der Waals surface area contributed by atoms with E-state index in [0.717, 1.165) is 0 Å². The fraction of sp³-hybridized carbons (Fsp3) is 0.467. The summed E-state index contributed by atoms with van der Waals surface area (Å²) in [5.74, 6) is -1.60. The van der Waals surface area contributed by atoms with Crippen LogP contribution in [0.15, 0.2) is 29.2 Å². The Morgan fingerprint density at radius 3 is 2.24 bits per heavy atom. The summed E-state index contributed by atoms with van der Waals surface area (Å²) in [6, 6.07) is 3.57. The van der Waals surface area contributed by atoms with Crippen molar-refractivity contribution < 1.29 is 27.9 Å². The summed E-state index contributed by atoms with van der Waals surface area (Å²) >= 11 is 5.71. The summed E-state index contributed by atoms with van der Waals surface area (Å²) in [6.45, 7) is 4.12. The van der Waals surface area contributed by atoms with Crippen molar-refractivity contribution in [3.8, 4) is 0 Å². The van der Waals surface area contributed by atoms with E-state index in [1.54, 1.807) is 13.8 Å². The summed E-state index contributed by atoms with van der Waals surface area (Å²) in [6.07, 6.45) is -1.37. The minimum Gasteiger partial charge on any atom is -0.454 e. The third-order valence-corrected chi connectivity index (χ3v) is 4.65. The highest BCUT2D eigenvalue weighted by molar-refractivity contribution is 7.89. The van der Waals surface area contributed by atoms with Crippen LogP contribution in [0.5, 0.6) is 0 Å². The molecule has 0 saturated heterocycles. The van der Waals surface area contributed by atoms with Crippen molar-refractivity contribution >= 4 is 33.5 Å². The van der Waals surface area contributed by atoms with Gasteiger partial charge in [0.1, 0.15) is 6.04 Å². The molecule has 1 aromatic carbocycles. The number of ether oxygens (including phenoxy) is 1. The van der Waals surface area contributed by atoms with Gasteiger partial charge in [0.25, 0.3) is 5.91 Å². The van der Waals surface area contributed by atoms with E-state index < -0.39 is 40.7 Å². The molecule has 140 valence electrons. The van der Waals surface area contributed by atoms with Crippen molar-refractivity contribution in [2.45, 2.75) is 43.9 Å². The van der Waals surface area contributed by atoms with Crippen molar-refractivity contribution in [2.75, 3.05) is 6.61 Å². The molecule has 0 aliphatic carbocycles. The normalized spacial score (nSPS) is 14.0. The molecule has 1 aromatic rings. The van der Waals surface area contributed by atoms with Gasteiger partial charge in [0, 0.05) is 11.1 Å². The number of hydrogen-bond donors (Lipinski definition) is 3. The largest absolute Gasteiger partial charge is 0.454 e. The number of aliphatic hydroxyl groups is 1. The number of nitrogens with one attached hydrogen (secondary N) is 2. The van der Waals surface area contributed by atoms with Crippen LogP contribution in [-0.2, 0) is 24.3 Å². The number of carbonyl (C=O) groups excluding carboxylic acids is 2. The Morgan fingerprint density at radius 1 is 1.20 bits per heavy atom. The lowest BCUT2D eigenvalue weighted by atomic mass is 10.2. The van der Waals surface area contributed by atoms with Crippen LogP contribution in [0.2, 0.25) is 5.02 Å². The van der Waals surface area contributed by atoms with Crippen molar-refractivity contribution in [1.29, 1.82) is 0 Å². The first kappa shape index (κ1) is 21.4. The van der Waals surface area contributed by atoms with E-state index in [1.807, 2.05) is 0 Å². The molecule has 0 aromatic heterocycles. The minimum absolute atomic E-state index is 0.132. The fourth-order valence-electron chi connectivity index (χ4n) is 1.78. The van der Waals surface area contributed by atoms with Crippen LogP contribution in [0.3, 0.4) is 0 Å². The third kappa shape index (κ3) is 6.99. The maximum absolute atomic E-state index is 12.3. The molecular formula is C15H21ClN2O6S. The van der Waals surface area contributed by atoms with Gasteiger partial charge in [-0.1, -0.05) is 11.6 Å². The predicted octanol–water partition coefficient (Wildman–Crippen LogP) is 0.435. The van der Waals surface area contributed by atoms with Gasteiger partial charge < -0.3 is 15.2 Å². The third-order valence-electron chi connectivity index (χ3n) is 2.94. The number of halogens is 1. The Morgan fingerprint density at radius 2 is 1.76 bits per heavy atom. The standard InChI is InChI=1S/C15H21ClN2O6S/c1-9(2)17-13(20)8-24-15(21)14(10(3)19)18-25(22,23)12-6-4-11(16)5-7-12/h4-7,9-10,14,18-19H,8H2,1-3H3,(H,17,20)/t10-,14+/m0/s1. The highest BCUT2D eigenvalue weighted by Gasteiger charge is 2.31. The number of benzene rings is 1. The molecule has 0 radical (unpaired) electrons. The predicted molar refractivity (Wildman–Crippen MR) is 91.5 cm³/mol.